The highest BCUT2D eigenvalue weighted by Gasteiger charge is 2.18. The van der Waals surface area contributed by atoms with Crippen LogP contribution in [0.25, 0.3) is 10.8 Å². The number of rotatable bonds is 8. The van der Waals surface area contributed by atoms with Crippen LogP contribution in [-0.2, 0) is 13.1 Å². The molecule has 30 heavy (non-hydrogen) atoms. The Morgan fingerprint density at radius 1 is 1.00 bits per heavy atom. The van der Waals surface area contributed by atoms with E-state index < -0.39 is 0 Å². The van der Waals surface area contributed by atoms with Crippen LogP contribution >= 0.6 is 0 Å². The van der Waals surface area contributed by atoms with Crippen LogP contribution < -0.4 is 25.1 Å². The average molecular weight is 411 g/mol. The van der Waals surface area contributed by atoms with Gasteiger partial charge in [0, 0.05) is 30.1 Å². The van der Waals surface area contributed by atoms with E-state index in [1.807, 2.05) is 6.92 Å². The molecule has 1 N–H and O–H groups in total. The van der Waals surface area contributed by atoms with Crippen molar-refractivity contribution in [1.82, 2.24) is 15.1 Å². The molecular formula is C22H25N3O5. The summed E-state index contributed by atoms with van der Waals surface area (Å²) < 4.78 is 17.4. The number of methoxy groups -OCH3 is 3. The fourth-order valence-electron chi connectivity index (χ4n) is 3.26. The summed E-state index contributed by atoms with van der Waals surface area (Å²) in [5.74, 6) is 1.24. The van der Waals surface area contributed by atoms with Crippen molar-refractivity contribution in [3.8, 4) is 17.2 Å². The Morgan fingerprint density at radius 3 is 2.27 bits per heavy atom. The average Bonchev–Trinajstić information content (AvgIpc) is 2.78. The molecule has 0 aliphatic heterocycles. The smallest absolute Gasteiger partial charge is 0.274 e. The highest BCUT2D eigenvalue weighted by Crippen LogP contribution is 2.34. The summed E-state index contributed by atoms with van der Waals surface area (Å²) in [4.78, 5) is 25.6. The van der Waals surface area contributed by atoms with Gasteiger partial charge in [0.2, 0.25) is 0 Å². The zero-order valence-electron chi connectivity index (χ0n) is 17.5. The molecule has 0 aliphatic carbocycles. The minimum Gasteiger partial charge on any atom is -0.496 e. The van der Waals surface area contributed by atoms with Crippen LogP contribution in [0.5, 0.6) is 17.2 Å². The predicted molar refractivity (Wildman–Crippen MR) is 114 cm³/mol. The third kappa shape index (κ3) is 4.07. The summed E-state index contributed by atoms with van der Waals surface area (Å²) in [6, 6.07) is 10.4. The molecule has 3 aromatic rings. The fraction of sp³-hybridized carbons (Fsp3) is 0.318. The molecule has 2 aromatic carbocycles. The van der Waals surface area contributed by atoms with Crippen LogP contribution in [0, 0.1) is 0 Å². The van der Waals surface area contributed by atoms with Gasteiger partial charge < -0.3 is 19.5 Å². The Labute approximate surface area is 174 Å². The van der Waals surface area contributed by atoms with Crippen molar-refractivity contribution in [2.75, 3.05) is 21.3 Å². The maximum Gasteiger partial charge on any atom is 0.274 e. The van der Waals surface area contributed by atoms with Crippen LogP contribution in [0.15, 0.2) is 41.2 Å². The van der Waals surface area contributed by atoms with Gasteiger partial charge in [-0.25, -0.2) is 4.68 Å². The van der Waals surface area contributed by atoms with Gasteiger partial charge in [-0.15, -0.1) is 0 Å². The number of hydrogen-bond donors (Lipinski definition) is 1. The van der Waals surface area contributed by atoms with E-state index in [-0.39, 0.29) is 23.7 Å². The second kappa shape index (κ2) is 9.30. The molecule has 3 rings (SSSR count). The van der Waals surface area contributed by atoms with Crippen molar-refractivity contribution < 1.29 is 19.0 Å². The number of aryl methyl sites for hydroxylation is 1. The van der Waals surface area contributed by atoms with Crippen molar-refractivity contribution >= 4 is 16.7 Å². The standard InChI is InChI=1S/C22H25N3O5/c1-5-10-25-22(27)16-9-7-6-8-15(16)20(24-25)21(26)23-13-14-11-18(29-3)19(30-4)12-17(14)28-2/h6-9,11-12H,5,10,13H2,1-4H3,(H,23,26). The molecular weight excluding hydrogens is 386 g/mol. The largest absolute Gasteiger partial charge is 0.496 e. The van der Waals surface area contributed by atoms with Gasteiger partial charge in [0.15, 0.2) is 17.2 Å². The molecule has 1 aromatic heterocycles. The van der Waals surface area contributed by atoms with E-state index in [1.165, 1.54) is 4.68 Å². The summed E-state index contributed by atoms with van der Waals surface area (Å²) in [5, 5.41) is 8.18. The van der Waals surface area contributed by atoms with Crippen LogP contribution in [0.1, 0.15) is 29.4 Å². The van der Waals surface area contributed by atoms with Crippen LogP contribution in [0.4, 0.5) is 0 Å². The highest BCUT2D eigenvalue weighted by atomic mass is 16.5. The molecule has 0 fully saturated rings. The number of fused-ring (bicyclic) bond motifs is 1. The Kier molecular flexibility index (Phi) is 6.56. The number of carbonyl (C=O) groups excluding carboxylic acids is 1. The van der Waals surface area contributed by atoms with E-state index in [1.54, 1.807) is 57.7 Å². The fourth-order valence-corrected chi connectivity index (χ4v) is 3.26. The number of aromatic nitrogens is 2. The monoisotopic (exact) mass is 411 g/mol. The molecule has 0 saturated carbocycles. The third-order valence-electron chi connectivity index (χ3n) is 4.74. The third-order valence-corrected chi connectivity index (χ3v) is 4.74. The Hall–Kier alpha value is -3.55. The van der Waals surface area contributed by atoms with E-state index in [0.717, 1.165) is 12.0 Å². The van der Waals surface area contributed by atoms with Gasteiger partial charge in [-0.3, -0.25) is 9.59 Å². The van der Waals surface area contributed by atoms with Crippen LogP contribution in [0.3, 0.4) is 0 Å². The molecule has 8 heteroatoms. The zero-order chi connectivity index (χ0) is 21.7. The van der Waals surface area contributed by atoms with Crippen molar-refractivity contribution in [2.24, 2.45) is 0 Å². The summed E-state index contributed by atoms with van der Waals surface area (Å²) in [7, 11) is 4.63. The van der Waals surface area contributed by atoms with E-state index in [2.05, 4.69) is 10.4 Å². The molecule has 0 bridgehead atoms. The summed E-state index contributed by atoms with van der Waals surface area (Å²) in [5.41, 5.74) is 0.721. The molecule has 1 heterocycles. The maximum atomic E-state index is 13.0. The van der Waals surface area contributed by atoms with Gasteiger partial charge in [0.1, 0.15) is 5.75 Å². The molecule has 0 spiro atoms. The van der Waals surface area contributed by atoms with Gasteiger partial charge in [-0.05, 0) is 18.6 Å². The predicted octanol–water partition coefficient (Wildman–Crippen LogP) is 2.76. The first-order chi connectivity index (χ1) is 14.5. The van der Waals surface area contributed by atoms with E-state index >= 15 is 0 Å². The summed E-state index contributed by atoms with van der Waals surface area (Å²) in [6.07, 6.45) is 0.731. The normalized spacial score (nSPS) is 10.7. The lowest BCUT2D eigenvalue weighted by Crippen LogP contribution is -2.30. The molecule has 8 nitrogen and oxygen atoms in total. The quantitative estimate of drug-likeness (QED) is 0.613. The van der Waals surface area contributed by atoms with Crippen LogP contribution in [-0.4, -0.2) is 37.0 Å². The van der Waals surface area contributed by atoms with Gasteiger partial charge in [-0.2, -0.15) is 5.10 Å². The Morgan fingerprint density at radius 2 is 1.63 bits per heavy atom. The lowest BCUT2D eigenvalue weighted by atomic mass is 10.1. The molecule has 0 unspecified atom stereocenters. The highest BCUT2D eigenvalue weighted by molar-refractivity contribution is 6.04. The van der Waals surface area contributed by atoms with E-state index in [0.29, 0.717) is 34.6 Å². The number of amides is 1. The number of ether oxygens (including phenoxy) is 3. The van der Waals surface area contributed by atoms with Crippen LogP contribution in [0.2, 0.25) is 0 Å². The molecule has 0 atom stereocenters. The first-order valence-electron chi connectivity index (χ1n) is 9.61. The number of hydrogen-bond acceptors (Lipinski definition) is 6. The molecule has 0 aliphatic rings. The zero-order valence-corrected chi connectivity index (χ0v) is 17.5. The van der Waals surface area contributed by atoms with Crippen molar-refractivity contribution in [2.45, 2.75) is 26.4 Å². The van der Waals surface area contributed by atoms with Gasteiger partial charge in [0.05, 0.1) is 26.7 Å². The molecule has 158 valence electrons. The second-order valence-corrected chi connectivity index (χ2v) is 6.62. The van der Waals surface area contributed by atoms with Gasteiger partial charge >= 0.3 is 0 Å². The molecule has 0 saturated heterocycles. The Bertz CT molecular complexity index is 1120. The SMILES string of the molecule is CCCn1nc(C(=O)NCc2cc(OC)c(OC)cc2OC)c2ccccc2c1=O. The lowest BCUT2D eigenvalue weighted by Gasteiger charge is -2.15. The minimum atomic E-state index is -0.382. The van der Waals surface area contributed by atoms with Crippen molar-refractivity contribution in [3.63, 3.8) is 0 Å². The second-order valence-electron chi connectivity index (χ2n) is 6.62. The number of carbonyl (C=O) groups is 1. The van der Waals surface area contributed by atoms with Gasteiger partial charge in [-0.1, -0.05) is 25.1 Å². The van der Waals surface area contributed by atoms with E-state index in [9.17, 15) is 9.59 Å². The maximum absolute atomic E-state index is 13.0. The Balaban J connectivity index is 1.95. The topological polar surface area (TPSA) is 91.7 Å². The number of benzene rings is 2. The first kappa shape index (κ1) is 21.2. The van der Waals surface area contributed by atoms with E-state index in [4.69, 9.17) is 14.2 Å². The lowest BCUT2D eigenvalue weighted by molar-refractivity contribution is 0.0945. The summed E-state index contributed by atoms with van der Waals surface area (Å²) in [6.45, 7) is 2.57. The first-order valence-corrected chi connectivity index (χ1v) is 9.61. The molecule has 0 radical (unpaired) electrons. The number of nitrogens with zero attached hydrogens (tertiary/aromatic N) is 2. The van der Waals surface area contributed by atoms with Crippen molar-refractivity contribution in [1.29, 1.82) is 0 Å². The molecule has 1 amide bonds. The number of nitrogens with one attached hydrogen (secondary N) is 1. The summed E-state index contributed by atoms with van der Waals surface area (Å²) >= 11 is 0. The van der Waals surface area contributed by atoms with Crippen molar-refractivity contribution in [3.05, 3.63) is 58.0 Å². The van der Waals surface area contributed by atoms with Gasteiger partial charge in [0.25, 0.3) is 11.5 Å². The minimum absolute atomic E-state index is 0.186.